The van der Waals surface area contributed by atoms with E-state index in [1.54, 1.807) is 24.3 Å². The van der Waals surface area contributed by atoms with Crippen LogP contribution < -0.4 is 0 Å². The highest BCUT2D eigenvalue weighted by atomic mass is 32.1. The Hall–Kier alpha value is -3.29. The number of Topliss-reactive ketones (excluding diaryl/α,β-unsaturated/α-hetero) is 1. The van der Waals surface area contributed by atoms with Crippen molar-refractivity contribution in [2.24, 2.45) is 0 Å². The highest BCUT2D eigenvalue weighted by molar-refractivity contribution is 7.21. The van der Waals surface area contributed by atoms with E-state index >= 15 is 0 Å². The third kappa shape index (κ3) is 4.37. The molecule has 0 amide bonds. The zero-order valence-electron chi connectivity index (χ0n) is 21.8. The first kappa shape index (κ1) is 25.0. The van der Waals surface area contributed by atoms with Gasteiger partial charge in [-0.2, -0.15) is 0 Å². The van der Waals surface area contributed by atoms with Crippen molar-refractivity contribution in [3.05, 3.63) is 62.7 Å². The third-order valence-electron chi connectivity index (χ3n) is 7.66. The van der Waals surface area contributed by atoms with Gasteiger partial charge in [-0.25, -0.2) is 9.78 Å². The van der Waals surface area contributed by atoms with E-state index in [0.717, 1.165) is 50.9 Å². The number of ketones is 1. The molecule has 0 atom stereocenters. The fourth-order valence-corrected chi connectivity index (χ4v) is 8.09. The van der Waals surface area contributed by atoms with Crippen molar-refractivity contribution in [2.75, 3.05) is 0 Å². The molecule has 1 aliphatic rings. The Balaban J connectivity index is 1.55. The maximum atomic E-state index is 12.4. The van der Waals surface area contributed by atoms with E-state index in [4.69, 9.17) is 4.98 Å². The van der Waals surface area contributed by atoms with Gasteiger partial charge in [-0.05, 0) is 81.0 Å². The van der Waals surface area contributed by atoms with Crippen LogP contribution >= 0.6 is 22.7 Å². The van der Waals surface area contributed by atoms with Gasteiger partial charge in [0.15, 0.2) is 0 Å². The van der Waals surface area contributed by atoms with E-state index in [-0.39, 0.29) is 12.3 Å². The van der Waals surface area contributed by atoms with Crippen molar-refractivity contribution in [3.63, 3.8) is 0 Å². The Labute approximate surface area is 229 Å². The molecule has 38 heavy (non-hydrogen) atoms. The molecule has 0 spiro atoms. The van der Waals surface area contributed by atoms with Crippen molar-refractivity contribution in [1.82, 2.24) is 9.55 Å². The first-order chi connectivity index (χ1) is 18.3. The molecule has 5 aromatic rings. The number of nitrogens with zero attached hydrogens (tertiary/aromatic N) is 2. The lowest BCUT2D eigenvalue weighted by Crippen LogP contribution is -2.10. The number of fused-ring (bicyclic) bond motifs is 2. The summed E-state index contributed by atoms with van der Waals surface area (Å²) in [6.45, 7) is 6.08. The molecular weight excluding hydrogens is 512 g/mol. The highest BCUT2D eigenvalue weighted by Crippen LogP contribution is 2.47. The van der Waals surface area contributed by atoms with Crippen LogP contribution in [-0.2, 0) is 11.3 Å². The van der Waals surface area contributed by atoms with E-state index in [1.807, 2.05) is 0 Å². The van der Waals surface area contributed by atoms with Crippen LogP contribution in [0.3, 0.4) is 0 Å². The molecule has 7 heteroatoms. The zero-order chi connectivity index (χ0) is 26.6. The number of aromatic nitrogens is 2. The molecule has 5 nitrogen and oxygen atoms in total. The number of thiophene rings is 2. The van der Waals surface area contributed by atoms with Crippen molar-refractivity contribution < 1.29 is 14.7 Å². The van der Waals surface area contributed by atoms with Crippen molar-refractivity contribution in [1.29, 1.82) is 0 Å². The van der Waals surface area contributed by atoms with Crippen LogP contribution in [0.5, 0.6) is 0 Å². The SMILES string of the molecule is CC(=O)Cn1c(-c2ccc3nc(-c4cc(C)sc4C)ccc3c2)c(C2CCCCC2)c2sc(C(=O)O)cc21. The zero-order valence-corrected chi connectivity index (χ0v) is 23.5. The van der Waals surface area contributed by atoms with Crippen LogP contribution in [0.1, 0.15) is 69.9 Å². The van der Waals surface area contributed by atoms with Crippen LogP contribution in [0, 0.1) is 13.8 Å². The largest absolute Gasteiger partial charge is 0.477 e. The Bertz CT molecular complexity index is 1720. The number of hydrogen-bond donors (Lipinski definition) is 1. The van der Waals surface area contributed by atoms with E-state index in [1.165, 1.54) is 51.5 Å². The first-order valence-electron chi connectivity index (χ1n) is 13.2. The number of hydrogen-bond acceptors (Lipinski definition) is 5. The van der Waals surface area contributed by atoms with Crippen LogP contribution in [0.15, 0.2) is 42.5 Å². The Morgan fingerprint density at radius 1 is 1.03 bits per heavy atom. The van der Waals surface area contributed by atoms with E-state index < -0.39 is 5.97 Å². The second-order valence-corrected chi connectivity index (χ2v) is 13.0. The molecule has 1 fully saturated rings. The minimum absolute atomic E-state index is 0.0509. The molecule has 1 aliphatic carbocycles. The van der Waals surface area contributed by atoms with Gasteiger partial charge in [0.05, 0.1) is 33.7 Å². The van der Waals surface area contributed by atoms with Gasteiger partial charge in [0.2, 0.25) is 0 Å². The molecule has 4 aromatic heterocycles. The smallest absolute Gasteiger partial charge is 0.345 e. The summed E-state index contributed by atoms with van der Waals surface area (Å²) >= 11 is 3.14. The van der Waals surface area contributed by atoms with Gasteiger partial charge < -0.3 is 9.67 Å². The number of pyridine rings is 1. The summed E-state index contributed by atoms with van der Waals surface area (Å²) in [7, 11) is 0. The second kappa shape index (κ2) is 9.79. The van der Waals surface area contributed by atoms with Gasteiger partial charge in [0.1, 0.15) is 10.7 Å². The second-order valence-electron chi connectivity index (χ2n) is 10.4. The molecule has 1 aromatic carbocycles. The minimum atomic E-state index is -0.916. The van der Waals surface area contributed by atoms with Crippen LogP contribution in [0.2, 0.25) is 0 Å². The van der Waals surface area contributed by atoms with Gasteiger partial charge in [-0.15, -0.1) is 22.7 Å². The third-order valence-corrected chi connectivity index (χ3v) is 9.77. The number of carbonyl (C=O) groups is 2. The summed E-state index contributed by atoms with van der Waals surface area (Å²) in [4.78, 5) is 32.2. The average Bonchev–Trinajstić information content (AvgIpc) is 3.56. The molecule has 4 heterocycles. The number of carboxylic acid groups (broad SMARTS) is 1. The van der Waals surface area contributed by atoms with Gasteiger partial charge >= 0.3 is 5.97 Å². The summed E-state index contributed by atoms with van der Waals surface area (Å²) in [5.41, 5.74) is 7.28. The number of carbonyl (C=O) groups excluding carboxylic acids is 1. The van der Waals surface area contributed by atoms with E-state index in [2.05, 4.69) is 54.8 Å². The maximum Gasteiger partial charge on any atom is 0.345 e. The van der Waals surface area contributed by atoms with Crippen molar-refractivity contribution in [2.45, 2.75) is 65.3 Å². The van der Waals surface area contributed by atoms with Crippen LogP contribution in [0.25, 0.3) is 43.6 Å². The molecule has 0 saturated heterocycles. The molecule has 194 valence electrons. The lowest BCUT2D eigenvalue weighted by atomic mass is 9.83. The van der Waals surface area contributed by atoms with Gasteiger partial charge in [0, 0.05) is 20.7 Å². The van der Waals surface area contributed by atoms with Crippen molar-refractivity contribution in [3.8, 4) is 22.5 Å². The Kier molecular flexibility index (Phi) is 6.44. The summed E-state index contributed by atoms with van der Waals surface area (Å²) < 4.78 is 3.08. The van der Waals surface area contributed by atoms with Crippen LogP contribution in [-0.4, -0.2) is 26.4 Å². The molecule has 0 unspecified atom stereocenters. The summed E-state index contributed by atoms with van der Waals surface area (Å²) in [5.74, 6) is -0.508. The molecular formula is C31H30N2O3S2. The summed E-state index contributed by atoms with van der Waals surface area (Å²) in [6.07, 6.45) is 5.76. The molecule has 0 bridgehead atoms. The Morgan fingerprint density at radius 2 is 1.82 bits per heavy atom. The molecule has 0 aliphatic heterocycles. The number of carboxylic acids is 1. The quantitative estimate of drug-likeness (QED) is 0.233. The van der Waals surface area contributed by atoms with Gasteiger partial charge in [-0.3, -0.25) is 4.79 Å². The van der Waals surface area contributed by atoms with Gasteiger partial charge in [0.25, 0.3) is 0 Å². The van der Waals surface area contributed by atoms with Crippen LogP contribution in [0.4, 0.5) is 0 Å². The molecule has 0 radical (unpaired) electrons. The molecule has 1 N–H and O–H groups in total. The highest BCUT2D eigenvalue weighted by Gasteiger charge is 2.29. The van der Waals surface area contributed by atoms with Gasteiger partial charge in [-0.1, -0.05) is 31.4 Å². The van der Waals surface area contributed by atoms with E-state index in [0.29, 0.717) is 10.8 Å². The predicted octanol–water partition coefficient (Wildman–Crippen LogP) is 8.60. The average molecular weight is 543 g/mol. The minimum Gasteiger partial charge on any atom is -0.477 e. The first-order valence-corrected chi connectivity index (χ1v) is 14.8. The molecule has 6 rings (SSSR count). The number of rotatable bonds is 6. The van der Waals surface area contributed by atoms with E-state index in [9.17, 15) is 14.7 Å². The monoisotopic (exact) mass is 542 g/mol. The Morgan fingerprint density at radius 3 is 2.50 bits per heavy atom. The lowest BCUT2D eigenvalue weighted by molar-refractivity contribution is -0.117. The summed E-state index contributed by atoms with van der Waals surface area (Å²) in [6, 6.07) is 14.6. The topological polar surface area (TPSA) is 72.2 Å². The number of benzene rings is 1. The summed E-state index contributed by atoms with van der Waals surface area (Å²) in [5, 5.41) is 10.8. The maximum absolute atomic E-state index is 12.4. The fourth-order valence-electron chi connectivity index (χ4n) is 6.03. The normalized spacial score (nSPS) is 14.5. The van der Waals surface area contributed by atoms with Crippen molar-refractivity contribution >= 4 is 55.5 Å². The standard InChI is InChI=1S/C31H30N2O3S2/c1-17(34)16-33-26-15-27(31(35)36)38-30(26)28(20-7-5-4-6-8-20)29(33)22-10-11-24-21(14-22)9-12-25(32-24)23-13-18(2)37-19(23)3/h9-15,20H,4-8,16H2,1-3H3,(H,35,36). The predicted molar refractivity (Wildman–Crippen MR) is 157 cm³/mol. The lowest BCUT2D eigenvalue weighted by Gasteiger charge is -2.23. The number of aromatic carboxylic acids is 1. The fraction of sp³-hybridized carbons (Fsp3) is 0.323. The number of aryl methyl sites for hydroxylation is 2. The molecule has 1 saturated carbocycles.